The molecule has 5 nitrogen and oxygen atoms in total. The number of halogens is 3. The number of nitro benzene ring substituents is 1. The third-order valence-electron chi connectivity index (χ3n) is 2.34. The van der Waals surface area contributed by atoms with E-state index in [1.54, 1.807) is 0 Å². The summed E-state index contributed by atoms with van der Waals surface area (Å²) in [7, 11) is 0. The Morgan fingerprint density at radius 2 is 2.05 bits per heavy atom. The zero-order valence-corrected chi connectivity index (χ0v) is 10.1. The van der Waals surface area contributed by atoms with Crippen molar-refractivity contribution in [3.8, 4) is 11.4 Å². The molecule has 0 fully saturated rings. The van der Waals surface area contributed by atoms with Crippen LogP contribution in [0.15, 0.2) is 24.4 Å². The Morgan fingerprint density at radius 1 is 1.32 bits per heavy atom. The maximum Gasteiger partial charge on any atom is 0.305 e. The molecule has 0 aliphatic heterocycles. The van der Waals surface area contributed by atoms with Gasteiger partial charge in [0.2, 0.25) is 5.82 Å². The lowest BCUT2D eigenvalue weighted by atomic mass is 10.1. The van der Waals surface area contributed by atoms with E-state index < -0.39 is 27.8 Å². The predicted molar refractivity (Wildman–Crippen MR) is 63.6 cm³/mol. The normalized spacial score (nSPS) is 10.5. The van der Waals surface area contributed by atoms with Gasteiger partial charge in [0, 0.05) is 12.3 Å². The van der Waals surface area contributed by atoms with Crippen LogP contribution in [0.5, 0.6) is 0 Å². The first-order valence-corrected chi connectivity index (χ1v) is 5.58. The van der Waals surface area contributed by atoms with Gasteiger partial charge in [-0.1, -0.05) is 0 Å². The number of nitrogens with zero attached hydrogens (tertiary/aromatic N) is 3. The molecule has 0 amide bonds. The first-order chi connectivity index (χ1) is 9.04. The molecule has 8 heteroatoms. The van der Waals surface area contributed by atoms with Crippen LogP contribution in [0.25, 0.3) is 11.4 Å². The van der Waals surface area contributed by atoms with E-state index in [-0.39, 0.29) is 11.7 Å². The molecule has 2 rings (SSSR count). The van der Waals surface area contributed by atoms with E-state index in [1.165, 1.54) is 12.3 Å². The minimum atomic E-state index is -1.31. The van der Waals surface area contributed by atoms with E-state index in [1.807, 2.05) is 0 Å². The molecule has 0 spiro atoms. The fraction of sp³-hybridized carbons (Fsp3) is 0.0909. The van der Waals surface area contributed by atoms with E-state index in [9.17, 15) is 18.9 Å². The lowest BCUT2D eigenvalue weighted by Crippen LogP contribution is -2.01. The minimum absolute atomic E-state index is 0.0354. The molecule has 1 aromatic heterocycles. The van der Waals surface area contributed by atoms with Crippen LogP contribution < -0.4 is 0 Å². The Balaban J connectivity index is 2.66. The molecule has 98 valence electrons. The molecule has 0 saturated heterocycles. The zero-order valence-electron chi connectivity index (χ0n) is 9.31. The molecule has 0 bridgehead atoms. The molecule has 0 atom stereocenters. The van der Waals surface area contributed by atoms with Gasteiger partial charge in [-0.3, -0.25) is 10.1 Å². The van der Waals surface area contributed by atoms with Crippen LogP contribution in [-0.2, 0) is 5.88 Å². The van der Waals surface area contributed by atoms with Crippen molar-refractivity contribution in [3.63, 3.8) is 0 Å². The number of rotatable bonds is 3. The van der Waals surface area contributed by atoms with Gasteiger partial charge in [-0.05, 0) is 12.1 Å². The molecule has 2 aromatic rings. The zero-order chi connectivity index (χ0) is 14.0. The second kappa shape index (κ2) is 5.23. The summed E-state index contributed by atoms with van der Waals surface area (Å²) < 4.78 is 27.6. The van der Waals surface area contributed by atoms with E-state index in [0.717, 1.165) is 12.1 Å². The van der Waals surface area contributed by atoms with Crippen molar-refractivity contribution in [2.24, 2.45) is 0 Å². The van der Waals surface area contributed by atoms with Crippen molar-refractivity contribution in [1.82, 2.24) is 9.97 Å². The van der Waals surface area contributed by atoms with Crippen LogP contribution in [0.1, 0.15) is 5.69 Å². The summed E-state index contributed by atoms with van der Waals surface area (Å²) in [4.78, 5) is 17.2. The highest BCUT2D eigenvalue weighted by Crippen LogP contribution is 2.29. The standard InChI is InChI=1S/C11H6ClF2N3O2/c12-5-6-3-4-15-11(16-6)9-7(13)1-2-8(10(9)14)17(18)19/h1-4H,5H2. The summed E-state index contributed by atoms with van der Waals surface area (Å²) in [5, 5.41) is 10.6. The van der Waals surface area contributed by atoms with Crippen LogP contribution in [0.2, 0.25) is 0 Å². The molecule has 0 aliphatic rings. The number of benzene rings is 1. The van der Waals surface area contributed by atoms with Crippen molar-refractivity contribution in [2.75, 3.05) is 0 Å². The van der Waals surface area contributed by atoms with Crippen LogP contribution in [0, 0.1) is 21.7 Å². The monoisotopic (exact) mass is 285 g/mol. The SMILES string of the molecule is O=[N+]([O-])c1ccc(F)c(-c2nccc(CCl)n2)c1F. The Labute approximate surface area is 111 Å². The van der Waals surface area contributed by atoms with Gasteiger partial charge < -0.3 is 0 Å². The van der Waals surface area contributed by atoms with Crippen LogP contribution >= 0.6 is 11.6 Å². The van der Waals surface area contributed by atoms with Crippen LogP contribution in [-0.4, -0.2) is 14.9 Å². The first kappa shape index (κ1) is 13.3. The molecular formula is C11H6ClF2N3O2. The minimum Gasteiger partial charge on any atom is -0.258 e. The topological polar surface area (TPSA) is 68.9 Å². The Bertz CT molecular complexity index is 652. The first-order valence-electron chi connectivity index (χ1n) is 5.05. The van der Waals surface area contributed by atoms with Crippen molar-refractivity contribution in [2.45, 2.75) is 5.88 Å². The number of nitro groups is 1. The van der Waals surface area contributed by atoms with E-state index >= 15 is 0 Å². The summed E-state index contributed by atoms with van der Waals surface area (Å²) >= 11 is 5.56. The fourth-order valence-corrected chi connectivity index (χ4v) is 1.63. The average Bonchev–Trinajstić information content (AvgIpc) is 2.38. The predicted octanol–water partition coefficient (Wildman–Crippen LogP) is 3.07. The number of hydrogen-bond acceptors (Lipinski definition) is 4. The highest BCUT2D eigenvalue weighted by atomic mass is 35.5. The smallest absolute Gasteiger partial charge is 0.258 e. The Kier molecular flexibility index (Phi) is 3.66. The fourth-order valence-electron chi connectivity index (χ4n) is 1.48. The highest BCUT2D eigenvalue weighted by Gasteiger charge is 2.24. The Hall–Kier alpha value is -2.15. The van der Waals surface area contributed by atoms with Gasteiger partial charge >= 0.3 is 5.69 Å². The third-order valence-corrected chi connectivity index (χ3v) is 2.62. The van der Waals surface area contributed by atoms with Crippen molar-refractivity contribution in [1.29, 1.82) is 0 Å². The second-order valence-corrected chi connectivity index (χ2v) is 3.79. The van der Waals surface area contributed by atoms with Gasteiger partial charge in [0.1, 0.15) is 5.82 Å². The van der Waals surface area contributed by atoms with Gasteiger partial charge in [0.15, 0.2) is 5.82 Å². The molecule has 19 heavy (non-hydrogen) atoms. The number of alkyl halides is 1. The number of hydrogen-bond donors (Lipinski definition) is 0. The highest BCUT2D eigenvalue weighted by molar-refractivity contribution is 6.16. The van der Waals surface area contributed by atoms with Gasteiger partial charge in [0.05, 0.1) is 22.1 Å². The van der Waals surface area contributed by atoms with E-state index in [4.69, 9.17) is 11.6 Å². The van der Waals surface area contributed by atoms with Gasteiger partial charge in [-0.15, -0.1) is 11.6 Å². The summed E-state index contributed by atoms with van der Waals surface area (Å²) in [5.41, 5.74) is -1.12. The Morgan fingerprint density at radius 3 is 2.68 bits per heavy atom. The number of aromatic nitrogens is 2. The quantitative estimate of drug-likeness (QED) is 0.494. The van der Waals surface area contributed by atoms with E-state index in [0.29, 0.717) is 5.69 Å². The third kappa shape index (κ3) is 2.50. The lowest BCUT2D eigenvalue weighted by molar-refractivity contribution is -0.387. The molecule has 0 radical (unpaired) electrons. The summed E-state index contributed by atoms with van der Waals surface area (Å²) in [6, 6.07) is 3.02. The molecule has 1 heterocycles. The van der Waals surface area contributed by atoms with Gasteiger partial charge in [0.25, 0.3) is 0 Å². The second-order valence-electron chi connectivity index (χ2n) is 3.52. The van der Waals surface area contributed by atoms with E-state index in [2.05, 4.69) is 9.97 Å². The van der Waals surface area contributed by atoms with Crippen molar-refractivity contribution < 1.29 is 13.7 Å². The largest absolute Gasteiger partial charge is 0.305 e. The van der Waals surface area contributed by atoms with Crippen molar-refractivity contribution in [3.05, 3.63) is 51.8 Å². The van der Waals surface area contributed by atoms with Crippen LogP contribution in [0.3, 0.4) is 0 Å². The molecule has 0 saturated carbocycles. The average molecular weight is 286 g/mol. The molecule has 0 unspecified atom stereocenters. The molecule has 1 aromatic carbocycles. The maximum absolute atomic E-state index is 13.9. The molecular weight excluding hydrogens is 280 g/mol. The molecule has 0 N–H and O–H groups in total. The lowest BCUT2D eigenvalue weighted by Gasteiger charge is -2.05. The van der Waals surface area contributed by atoms with Crippen molar-refractivity contribution >= 4 is 17.3 Å². The van der Waals surface area contributed by atoms with Gasteiger partial charge in [-0.2, -0.15) is 4.39 Å². The van der Waals surface area contributed by atoms with Crippen LogP contribution in [0.4, 0.5) is 14.5 Å². The summed E-state index contributed by atoms with van der Waals surface area (Å²) in [6.07, 6.45) is 1.28. The maximum atomic E-state index is 13.9. The van der Waals surface area contributed by atoms with Gasteiger partial charge in [-0.25, -0.2) is 14.4 Å². The summed E-state index contributed by atoms with van der Waals surface area (Å²) in [6.45, 7) is 0. The molecule has 0 aliphatic carbocycles. The summed E-state index contributed by atoms with van der Waals surface area (Å²) in [5.74, 6) is -2.53.